The topological polar surface area (TPSA) is 15.3 Å². The maximum absolute atomic E-state index is 3.17. The summed E-state index contributed by atoms with van der Waals surface area (Å²) in [5, 5.41) is 3.17. The quantitative estimate of drug-likeness (QED) is 0.695. The first-order valence-electron chi connectivity index (χ1n) is 5.33. The molecule has 0 saturated carbocycles. The lowest BCUT2D eigenvalue weighted by Crippen LogP contribution is -2.26. The number of hydrogen-bond acceptors (Lipinski definition) is 2. The first-order valence-corrected chi connectivity index (χ1v) is 5.33. The van der Waals surface area contributed by atoms with Crippen molar-refractivity contribution in [3.8, 4) is 0 Å². The molecule has 0 aromatic heterocycles. The van der Waals surface area contributed by atoms with Crippen molar-refractivity contribution in [3.63, 3.8) is 0 Å². The summed E-state index contributed by atoms with van der Waals surface area (Å²) >= 11 is 0. The van der Waals surface area contributed by atoms with Crippen molar-refractivity contribution >= 4 is 5.69 Å². The fourth-order valence-electron chi connectivity index (χ4n) is 1.56. The van der Waals surface area contributed by atoms with Crippen LogP contribution in [0.25, 0.3) is 0 Å². The van der Waals surface area contributed by atoms with Crippen LogP contribution in [0.5, 0.6) is 0 Å². The normalized spacial score (nSPS) is 10.1. The molecular weight excluding hydrogens is 172 g/mol. The van der Waals surface area contributed by atoms with Crippen LogP contribution in [-0.2, 0) is 0 Å². The van der Waals surface area contributed by atoms with Gasteiger partial charge in [-0.2, -0.15) is 0 Å². The Bertz CT molecular complexity index is 233. The summed E-state index contributed by atoms with van der Waals surface area (Å²) in [4.78, 5) is 2.40. The highest BCUT2D eigenvalue weighted by atomic mass is 15.1. The fourth-order valence-corrected chi connectivity index (χ4v) is 1.56. The Morgan fingerprint density at radius 2 is 1.93 bits per heavy atom. The second-order valence-electron chi connectivity index (χ2n) is 3.37. The highest BCUT2D eigenvalue weighted by Crippen LogP contribution is 2.12. The Morgan fingerprint density at radius 1 is 1.21 bits per heavy atom. The average Bonchev–Trinajstić information content (AvgIpc) is 2.26. The Labute approximate surface area is 86.9 Å². The molecule has 0 aliphatic rings. The molecule has 0 bridgehead atoms. The summed E-state index contributed by atoms with van der Waals surface area (Å²) in [6, 6.07) is 10.6. The highest BCUT2D eigenvalue weighted by molar-refractivity contribution is 5.45. The monoisotopic (exact) mass is 192 g/mol. The van der Waals surface area contributed by atoms with Gasteiger partial charge in [0.05, 0.1) is 0 Å². The number of para-hydroxylation sites is 1. The van der Waals surface area contributed by atoms with Crippen molar-refractivity contribution in [1.82, 2.24) is 5.32 Å². The number of nitrogens with one attached hydrogen (secondary N) is 1. The summed E-state index contributed by atoms with van der Waals surface area (Å²) in [6.07, 6.45) is 1.19. The number of nitrogens with zero attached hydrogens (tertiary/aromatic N) is 1. The van der Waals surface area contributed by atoms with Crippen LogP contribution in [0.3, 0.4) is 0 Å². The predicted octanol–water partition coefficient (Wildman–Crippen LogP) is 2.12. The van der Waals surface area contributed by atoms with E-state index in [2.05, 4.69) is 47.5 Å². The molecule has 1 aromatic rings. The molecule has 14 heavy (non-hydrogen) atoms. The van der Waals surface area contributed by atoms with Gasteiger partial charge in [-0.3, -0.25) is 0 Å². The van der Waals surface area contributed by atoms with Gasteiger partial charge in [0.15, 0.2) is 0 Å². The molecule has 1 rings (SSSR count). The fraction of sp³-hybridized carbons (Fsp3) is 0.500. The van der Waals surface area contributed by atoms with Crippen molar-refractivity contribution in [3.05, 3.63) is 30.3 Å². The molecule has 0 spiro atoms. The van der Waals surface area contributed by atoms with Crippen LogP contribution < -0.4 is 10.2 Å². The highest BCUT2D eigenvalue weighted by Gasteiger charge is 2.01. The van der Waals surface area contributed by atoms with E-state index in [1.807, 2.05) is 7.05 Å². The molecule has 2 heteroatoms. The van der Waals surface area contributed by atoms with Crippen molar-refractivity contribution in [2.24, 2.45) is 0 Å². The Morgan fingerprint density at radius 3 is 2.50 bits per heavy atom. The molecule has 0 amide bonds. The van der Waals surface area contributed by atoms with Crippen molar-refractivity contribution in [1.29, 1.82) is 0 Å². The van der Waals surface area contributed by atoms with Gasteiger partial charge in [0, 0.05) is 18.8 Å². The third-order valence-corrected chi connectivity index (χ3v) is 2.36. The van der Waals surface area contributed by atoms with Crippen LogP contribution in [-0.4, -0.2) is 26.7 Å². The zero-order valence-electron chi connectivity index (χ0n) is 9.16. The first-order chi connectivity index (χ1) is 6.88. The number of rotatable bonds is 6. The SMILES string of the molecule is CCN(CCCNC)c1ccccc1. The third-order valence-electron chi connectivity index (χ3n) is 2.36. The molecule has 0 aliphatic heterocycles. The van der Waals surface area contributed by atoms with E-state index in [1.54, 1.807) is 0 Å². The molecule has 0 unspecified atom stereocenters. The lowest BCUT2D eigenvalue weighted by molar-refractivity contribution is 0.693. The molecule has 1 aromatic carbocycles. The summed E-state index contributed by atoms with van der Waals surface area (Å²) in [5.41, 5.74) is 1.33. The molecule has 0 atom stereocenters. The van der Waals surface area contributed by atoms with Crippen LogP contribution in [0.2, 0.25) is 0 Å². The van der Waals surface area contributed by atoms with E-state index in [0.29, 0.717) is 0 Å². The Kier molecular flexibility index (Phi) is 5.08. The van der Waals surface area contributed by atoms with E-state index in [9.17, 15) is 0 Å². The molecule has 0 fully saturated rings. The standard InChI is InChI=1S/C12H20N2/c1-3-14(11-7-10-13-2)12-8-5-4-6-9-12/h4-6,8-9,13H,3,7,10-11H2,1-2H3. The van der Waals surface area contributed by atoms with E-state index in [0.717, 1.165) is 19.6 Å². The van der Waals surface area contributed by atoms with Crippen molar-refractivity contribution < 1.29 is 0 Å². The van der Waals surface area contributed by atoms with Gasteiger partial charge in [0.1, 0.15) is 0 Å². The van der Waals surface area contributed by atoms with Crippen LogP contribution in [0, 0.1) is 0 Å². The van der Waals surface area contributed by atoms with E-state index in [4.69, 9.17) is 0 Å². The van der Waals surface area contributed by atoms with Crippen molar-refractivity contribution in [2.75, 3.05) is 31.6 Å². The molecule has 0 saturated heterocycles. The molecular formula is C12H20N2. The van der Waals surface area contributed by atoms with Crippen LogP contribution in [0.4, 0.5) is 5.69 Å². The van der Waals surface area contributed by atoms with Gasteiger partial charge in [0.2, 0.25) is 0 Å². The molecule has 0 aliphatic carbocycles. The summed E-state index contributed by atoms with van der Waals surface area (Å²) < 4.78 is 0. The van der Waals surface area contributed by atoms with Gasteiger partial charge in [-0.15, -0.1) is 0 Å². The van der Waals surface area contributed by atoms with Gasteiger partial charge in [-0.05, 0) is 39.1 Å². The van der Waals surface area contributed by atoms with Gasteiger partial charge in [-0.1, -0.05) is 18.2 Å². The van der Waals surface area contributed by atoms with Gasteiger partial charge in [-0.25, -0.2) is 0 Å². The lowest BCUT2D eigenvalue weighted by atomic mass is 10.2. The van der Waals surface area contributed by atoms with Gasteiger partial charge >= 0.3 is 0 Å². The van der Waals surface area contributed by atoms with Crippen LogP contribution in [0.15, 0.2) is 30.3 Å². The average molecular weight is 192 g/mol. The smallest absolute Gasteiger partial charge is 0.0366 e. The molecule has 2 nitrogen and oxygen atoms in total. The Balaban J connectivity index is 2.46. The van der Waals surface area contributed by atoms with Crippen LogP contribution >= 0.6 is 0 Å². The number of benzene rings is 1. The Hall–Kier alpha value is -1.02. The summed E-state index contributed by atoms with van der Waals surface area (Å²) in [5.74, 6) is 0. The predicted molar refractivity (Wildman–Crippen MR) is 62.9 cm³/mol. The van der Waals surface area contributed by atoms with Crippen molar-refractivity contribution in [2.45, 2.75) is 13.3 Å². The maximum atomic E-state index is 3.17. The summed E-state index contributed by atoms with van der Waals surface area (Å²) in [7, 11) is 2.00. The van der Waals surface area contributed by atoms with E-state index < -0.39 is 0 Å². The number of anilines is 1. The maximum Gasteiger partial charge on any atom is 0.0366 e. The zero-order chi connectivity index (χ0) is 10.2. The first kappa shape index (κ1) is 11.1. The summed E-state index contributed by atoms with van der Waals surface area (Å²) in [6.45, 7) is 5.49. The lowest BCUT2D eigenvalue weighted by Gasteiger charge is -2.22. The molecule has 0 heterocycles. The van der Waals surface area contributed by atoms with Gasteiger partial charge < -0.3 is 10.2 Å². The zero-order valence-corrected chi connectivity index (χ0v) is 9.16. The van der Waals surface area contributed by atoms with E-state index >= 15 is 0 Å². The van der Waals surface area contributed by atoms with E-state index in [1.165, 1.54) is 12.1 Å². The third kappa shape index (κ3) is 3.38. The van der Waals surface area contributed by atoms with Gasteiger partial charge in [0.25, 0.3) is 0 Å². The molecule has 1 N–H and O–H groups in total. The largest absolute Gasteiger partial charge is 0.372 e. The van der Waals surface area contributed by atoms with Crippen LogP contribution in [0.1, 0.15) is 13.3 Å². The number of hydrogen-bond donors (Lipinski definition) is 1. The molecule has 78 valence electrons. The second kappa shape index (κ2) is 6.44. The minimum absolute atomic E-state index is 1.08. The minimum atomic E-state index is 1.08. The van der Waals surface area contributed by atoms with E-state index in [-0.39, 0.29) is 0 Å². The minimum Gasteiger partial charge on any atom is -0.372 e. The second-order valence-corrected chi connectivity index (χ2v) is 3.37. The molecule has 0 radical (unpaired) electrons.